The molecule has 5 atom stereocenters. The first-order chi connectivity index (χ1) is 25.7. The third kappa shape index (κ3) is 25.7. The molecule has 0 aromatic heterocycles. The Kier molecular flexibility index (Phi) is 31.2. The van der Waals surface area contributed by atoms with Gasteiger partial charge in [0.1, 0.15) is 12.2 Å². The number of carbonyl (C=O) groups excluding carboxylic acids is 3. The van der Waals surface area contributed by atoms with Crippen molar-refractivity contribution in [3.63, 3.8) is 0 Å². The van der Waals surface area contributed by atoms with Gasteiger partial charge in [0, 0.05) is 38.5 Å². The van der Waals surface area contributed by atoms with Crippen LogP contribution >= 0.6 is 33.1 Å². The molecule has 3 fully saturated rings. The number of nitrogens with two attached hydrogens (primary N) is 1. The third-order valence-corrected chi connectivity index (χ3v) is 11.0. The van der Waals surface area contributed by atoms with Gasteiger partial charge in [0.25, 0.3) is 0 Å². The fraction of sp³-hybridized carbons (Fsp3) is 0.914. The molecule has 3 amide bonds. The third-order valence-electron chi connectivity index (χ3n) is 8.65. The van der Waals surface area contributed by atoms with Crippen molar-refractivity contribution in [2.24, 2.45) is 5.73 Å². The Morgan fingerprint density at radius 2 is 1.42 bits per heavy atom. The van der Waals surface area contributed by atoms with Crippen LogP contribution in [0.15, 0.2) is 0 Å². The fourth-order valence-corrected chi connectivity index (χ4v) is 7.63. The number of hydrogen-bond acceptors (Lipinski definition) is 14. The van der Waals surface area contributed by atoms with E-state index < -0.39 is 46.0 Å². The van der Waals surface area contributed by atoms with Crippen LogP contribution in [0.1, 0.15) is 103 Å². The maximum atomic E-state index is 12.2. The maximum absolute atomic E-state index is 12.2. The number of amides is 3. The Labute approximate surface area is 330 Å². The van der Waals surface area contributed by atoms with E-state index in [0.29, 0.717) is 31.1 Å². The van der Waals surface area contributed by atoms with Crippen LogP contribution in [0.2, 0.25) is 0 Å². The van der Waals surface area contributed by atoms with E-state index in [1.807, 2.05) is 6.92 Å². The lowest BCUT2D eigenvalue weighted by molar-refractivity contribution is -0.235. The van der Waals surface area contributed by atoms with E-state index in [1.54, 1.807) is 11.9 Å². The van der Waals surface area contributed by atoms with Crippen molar-refractivity contribution >= 4 is 50.9 Å². The van der Waals surface area contributed by atoms with Crippen molar-refractivity contribution in [3.8, 4) is 0 Å². The van der Waals surface area contributed by atoms with Gasteiger partial charge in [0.05, 0.1) is 37.0 Å². The molecule has 2 aliphatic heterocycles. The molecule has 16 nitrogen and oxygen atoms in total. The summed E-state index contributed by atoms with van der Waals surface area (Å²) in [5.41, 5.74) is 5.42. The number of hydrogen-bond donors (Lipinski definition) is 7. The molecule has 0 spiro atoms. The van der Waals surface area contributed by atoms with E-state index in [2.05, 4.69) is 15.4 Å². The molecule has 3 aliphatic rings. The summed E-state index contributed by atoms with van der Waals surface area (Å²) in [5.74, 6) is -0.456. The molecule has 312 valence electrons. The molecule has 0 radical (unpaired) electrons. The smallest absolute Gasteiger partial charge is 0.234 e. The summed E-state index contributed by atoms with van der Waals surface area (Å²) in [6, 6.07) is 0. The predicted molar refractivity (Wildman–Crippen MR) is 211 cm³/mol. The van der Waals surface area contributed by atoms with E-state index in [-0.39, 0.29) is 67.8 Å². The van der Waals surface area contributed by atoms with Crippen LogP contribution < -0.4 is 21.1 Å². The van der Waals surface area contributed by atoms with Gasteiger partial charge in [-0.1, -0.05) is 38.5 Å². The number of nitrogens with zero attached hydrogens (tertiary/aromatic N) is 1. The van der Waals surface area contributed by atoms with Gasteiger partial charge in [-0.3, -0.25) is 27.1 Å². The molecule has 8 N–H and O–H groups in total. The second-order valence-electron chi connectivity index (χ2n) is 13.3. The van der Waals surface area contributed by atoms with Crippen LogP contribution in [0.5, 0.6) is 0 Å². The lowest BCUT2D eigenvalue weighted by atomic mass is 10.0. The number of unbranched alkanes of at least 4 members (excludes halogenated alkanes) is 2. The van der Waals surface area contributed by atoms with Crippen LogP contribution in [0.3, 0.4) is 0 Å². The Morgan fingerprint density at radius 3 is 2.02 bits per heavy atom. The first-order valence-corrected chi connectivity index (χ1v) is 22.4. The average molecular weight is 894 g/mol. The van der Waals surface area contributed by atoms with Gasteiger partial charge >= 0.3 is 0 Å². The molecule has 0 aromatic carbocycles. The van der Waals surface area contributed by atoms with E-state index in [0.717, 1.165) is 45.8 Å². The maximum Gasteiger partial charge on any atom is 0.234 e. The molecule has 2 saturated heterocycles. The quantitative estimate of drug-likeness (QED) is 0.0288. The highest BCUT2D eigenvalue weighted by atomic mass is 127. The van der Waals surface area contributed by atoms with E-state index in [9.17, 15) is 27.7 Å². The second-order valence-corrected chi connectivity index (χ2v) is 15.7. The predicted octanol–water partition coefficient (Wildman–Crippen LogP) is 2.20. The largest absolute Gasteiger partial charge is 0.400 e. The van der Waals surface area contributed by atoms with Gasteiger partial charge in [-0.2, -0.15) is 0 Å². The van der Waals surface area contributed by atoms with Crippen LogP contribution in [-0.4, -0.2) is 138 Å². The van der Waals surface area contributed by atoms with Crippen LogP contribution in [-0.2, 0) is 36.4 Å². The molecule has 0 bridgehead atoms. The molecule has 0 aromatic rings. The zero-order valence-corrected chi connectivity index (χ0v) is 34.8. The first-order valence-electron chi connectivity index (χ1n) is 19.1. The Bertz CT molecular complexity index is 971. The zero-order chi connectivity index (χ0) is 39.1. The number of alkyl halides is 1. The van der Waals surface area contributed by atoms with Gasteiger partial charge in [-0.05, 0) is 76.8 Å². The molecule has 2 heterocycles. The minimum Gasteiger partial charge on any atom is -0.400 e. The highest BCUT2D eigenvalue weighted by Gasteiger charge is 2.28. The number of aliphatic hydroxyl groups is 3. The summed E-state index contributed by atoms with van der Waals surface area (Å²) in [6.45, 7) is 3.83. The molecular formula is C35H68IN5O11S. The topological polar surface area (TPSA) is 231 Å². The fourth-order valence-electron chi connectivity index (χ4n) is 5.78. The van der Waals surface area contributed by atoms with Crippen LogP contribution in [0, 0.1) is 0 Å². The van der Waals surface area contributed by atoms with Gasteiger partial charge in [-0.15, -0.1) is 0 Å². The Morgan fingerprint density at radius 1 is 0.811 bits per heavy atom. The van der Waals surface area contributed by atoms with E-state index in [4.69, 9.17) is 29.8 Å². The highest BCUT2D eigenvalue weighted by molar-refractivity contribution is 14.1. The Balaban J connectivity index is 0.000000592. The van der Waals surface area contributed by atoms with Gasteiger partial charge in [0.15, 0.2) is 33.8 Å². The number of aliphatic hydroxyl groups excluding tert-OH is 3. The first kappa shape index (κ1) is 49.9. The second kappa shape index (κ2) is 33.1. The lowest BCUT2D eigenvalue weighted by Crippen LogP contribution is -2.44. The summed E-state index contributed by atoms with van der Waals surface area (Å²) in [5, 5.41) is 32.6. The number of halogens is 1. The van der Waals surface area contributed by atoms with Gasteiger partial charge in [0.2, 0.25) is 17.7 Å². The van der Waals surface area contributed by atoms with Crippen molar-refractivity contribution in [2.75, 3.05) is 64.2 Å². The summed E-state index contributed by atoms with van der Waals surface area (Å²) in [4.78, 5) is 37.5. The standard InChI is InChI=1S/C20H36IN3O9.C14H28N2OS.CH4O/c1-14-4-5-16(26)20(33-14)32-10-7-23-18(28)12-24(13-21-29)11-17(27)22-6-9-31-19-15(25)3-2-8-30-19;15-12-8-4-7-11-14(17)16-18-13-9-5-2-1-3-6-10-13;1-2/h14-16,19-20,25-26H,2-13H2,1H3,(H,22,27)(H,23,28);13H,1-12,15H2,(H,16,17);2H,1H3/t14-,15?,16?,19?,20?;;/m0../s1. The monoisotopic (exact) mass is 893 g/mol. The van der Waals surface area contributed by atoms with Gasteiger partial charge < -0.3 is 50.6 Å². The minimum atomic E-state index is -1.39. The number of carbonyl (C=O) groups is 3. The normalized spacial score (nSPS) is 23.6. The molecule has 1 saturated carbocycles. The Hall–Kier alpha value is -1.07. The highest BCUT2D eigenvalue weighted by Crippen LogP contribution is 2.25. The van der Waals surface area contributed by atoms with Crippen LogP contribution in [0.25, 0.3) is 0 Å². The van der Waals surface area contributed by atoms with E-state index in [1.165, 1.54) is 49.8 Å². The summed E-state index contributed by atoms with van der Waals surface area (Å²) in [7, 11) is 1.00. The number of ether oxygens (including phenoxy) is 4. The van der Waals surface area contributed by atoms with Crippen molar-refractivity contribution in [1.82, 2.24) is 20.3 Å². The SMILES string of the molecule is CO.C[C@H]1CCC(O)C(OCCNC(=O)CN(CI=O)CC(=O)NCCOC2OCCCC2O)O1.NCCCCCC(=O)NSC1CCCCCCC1. The number of rotatable bonds is 21. The van der Waals surface area contributed by atoms with Crippen molar-refractivity contribution in [2.45, 2.75) is 139 Å². The molecule has 4 unspecified atom stereocenters. The van der Waals surface area contributed by atoms with Crippen molar-refractivity contribution in [1.29, 1.82) is 0 Å². The molecule has 1 aliphatic carbocycles. The molecule has 18 heteroatoms. The van der Waals surface area contributed by atoms with Crippen LogP contribution in [0.4, 0.5) is 0 Å². The summed E-state index contributed by atoms with van der Waals surface area (Å²) >= 11 is 0.282. The molecular weight excluding hydrogens is 825 g/mol. The van der Waals surface area contributed by atoms with Crippen molar-refractivity contribution in [3.05, 3.63) is 0 Å². The molecule has 53 heavy (non-hydrogen) atoms. The van der Waals surface area contributed by atoms with Gasteiger partial charge in [-0.25, -0.2) is 0 Å². The van der Waals surface area contributed by atoms with Crippen molar-refractivity contribution < 1.29 is 51.7 Å². The zero-order valence-electron chi connectivity index (χ0n) is 31.9. The summed E-state index contributed by atoms with van der Waals surface area (Å²) < 4.78 is 36.1. The minimum absolute atomic E-state index is 0.0156. The molecule has 3 rings (SSSR count). The number of nitrogens with one attached hydrogen (secondary N) is 3. The average Bonchev–Trinajstić information content (AvgIpc) is 3.13. The van der Waals surface area contributed by atoms with E-state index >= 15 is 0 Å². The summed E-state index contributed by atoms with van der Waals surface area (Å²) in [6.07, 6.45) is 13.1. The lowest BCUT2D eigenvalue weighted by Gasteiger charge is -2.31.